The lowest BCUT2D eigenvalue weighted by molar-refractivity contribution is 0.00519. The summed E-state index contributed by atoms with van der Waals surface area (Å²) < 4.78 is 30.5. The van der Waals surface area contributed by atoms with Gasteiger partial charge in [-0.15, -0.1) is 0 Å². The Morgan fingerprint density at radius 2 is 0.889 bits per heavy atom. The molecule has 27 heavy (non-hydrogen) atoms. The van der Waals surface area contributed by atoms with Gasteiger partial charge in [0.1, 0.15) is 24.7 Å². The number of fused-ring (bicyclic) bond motifs is 3. The van der Waals surface area contributed by atoms with Crippen LogP contribution in [0.3, 0.4) is 0 Å². The van der Waals surface area contributed by atoms with Gasteiger partial charge >= 0.3 is 0 Å². The molecule has 0 bridgehead atoms. The summed E-state index contributed by atoms with van der Waals surface area (Å²) in [6, 6.07) is 11.9. The largest absolute Gasteiger partial charge is 0.491 e. The second-order valence-corrected chi connectivity index (χ2v) is 7.65. The predicted molar refractivity (Wildman–Crippen MR) is 111 cm³/mol. The highest BCUT2D eigenvalue weighted by molar-refractivity contribution is 9.10. The molecule has 1 heterocycles. The van der Waals surface area contributed by atoms with E-state index in [4.69, 9.17) is 23.7 Å². The van der Waals surface area contributed by atoms with E-state index in [0.717, 1.165) is 31.6 Å². The van der Waals surface area contributed by atoms with Crippen molar-refractivity contribution in [2.24, 2.45) is 0 Å². The Balaban J connectivity index is 1.87. The fraction of sp³-hybridized carbons (Fsp3) is 0.400. The van der Waals surface area contributed by atoms with E-state index in [9.17, 15) is 0 Å². The van der Waals surface area contributed by atoms with Crippen molar-refractivity contribution in [3.05, 3.63) is 45.3 Å². The lowest BCUT2D eigenvalue weighted by Crippen LogP contribution is -2.14. The Kier molecular flexibility index (Phi) is 8.41. The summed E-state index contributed by atoms with van der Waals surface area (Å²) in [4.78, 5) is 0. The van der Waals surface area contributed by atoms with E-state index in [0.29, 0.717) is 52.9 Å². The fourth-order valence-corrected chi connectivity index (χ4v) is 3.36. The Hall–Kier alpha value is -1.12. The van der Waals surface area contributed by atoms with Crippen molar-refractivity contribution in [3.63, 3.8) is 0 Å². The topological polar surface area (TPSA) is 46.2 Å². The highest BCUT2D eigenvalue weighted by Gasteiger charge is 2.14. The van der Waals surface area contributed by atoms with E-state index >= 15 is 0 Å². The second-order valence-electron chi connectivity index (χ2n) is 5.82. The quantitative estimate of drug-likeness (QED) is 0.523. The Morgan fingerprint density at radius 1 is 0.519 bits per heavy atom. The number of halogens is 2. The van der Waals surface area contributed by atoms with Gasteiger partial charge < -0.3 is 23.7 Å². The van der Waals surface area contributed by atoms with Gasteiger partial charge in [-0.2, -0.15) is 0 Å². The van der Waals surface area contributed by atoms with Crippen LogP contribution >= 0.6 is 31.9 Å². The van der Waals surface area contributed by atoms with Gasteiger partial charge in [0.05, 0.1) is 39.6 Å². The first-order chi connectivity index (χ1) is 13.2. The minimum atomic E-state index is 0.460. The van der Waals surface area contributed by atoms with Gasteiger partial charge in [0, 0.05) is 20.1 Å². The average Bonchev–Trinajstić information content (AvgIpc) is 2.67. The normalized spacial score (nSPS) is 17.0. The monoisotopic (exact) mass is 500 g/mol. The van der Waals surface area contributed by atoms with Gasteiger partial charge in [0.25, 0.3) is 0 Å². The van der Waals surface area contributed by atoms with Crippen molar-refractivity contribution >= 4 is 31.9 Å². The molecule has 1 aliphatic heterocycles. The molecular weight excluding hydrogens is 480 g/mol. The van der Waals surface area contributed by atoms with Gasteiger partial charge in [-0.05, 0) is 36.4 Å². The van der Waals surface area contributed by atoms with Gasteiger partial charge in [0.15, 0.2) is 0 Å². The Labute approximate surface area is 176 Å². The minimum Gasteiger partial charge on any atom is -0.491 e. The molecule has 0 saturated carbocycles. The number of hydrogen-bond donors (Lipinski definition) is 0. The van der Waals surface area contributed by atoms with Crippen molar-refractivity contribution in [2.75, 3.05) is 52.9 Å². The first kappa shape index (κ1) is 20.6. The molecule has 0 radical (unpaired) electrons. The molecule has 0 amide bonds. The van der Waals surface area contributed by atoms with E-state index in [1.807, 2.05) is 36.4 Å². The maximum Gasteiger partial charge on any atom is 0.127 e. The van der Waals surface area contributed by atoms with Crippen molar-refractivity contribution in [3.8, 4) is 22.6 Å². The lowest BCUT2D eigenvalue weighted by Gasteiger charge is -2.16. The highest BCUT2D eigenvalue weighted by atomic mass is 79.9. The van der Waals surface area contributed by atoms with Crippen LogP contribution in [0.25, 0.3) is 11.1 Å². The maximum absolute atomic E-state index is 5.98. The molecule has 1 aliphatic rings. The zero-order valence-corrected chi connectivity index (χ0v) is 18.1. The standard InChI is InChI=1S/C20H22Br2O5/c21-15-1-3-19-17(13-15)18-14-16(22)2-4-20(18)27-12-10-25-8-6-23-5-7-24-9-11-26-19/h1-4,13-14H,5-12H2. The Bertz CT molecular complexity index is 677. The van der Waals surface area contributed by atoms with Crippen molar-refractivity contribution in [1.29, 1.82) is 0 Å². The fourth-order valence-electron chi connectivity index (χ4n) is 2.64. The molecule has 0 N–H and O–H groups in total. The number of benzene rings is 2. The van der Waals surface area contributed by atoms with Crippen LogP contribution in [0.1, 0.15) is 0 Å². The molecule has 0 spiro atoms. The van der Waals surface area contributed by atoms with E-state index < -0.39 is 0 Å². The molecule has 3 rings (SSSR count). The molecule has 2 aromatic carbocycles. The first-order valence-electron chi connectivity index (χ1n) is 8.82. The SMILES string of the molecule is Brc1ccc2c(c1)-c1cc(Br)ccc1OCCOCCOCCOCCO2. The van der Waals surface area contributed by atoms with E-state index in [1.165, 1.54) is 0 Å². The predicted octanol–water partition coefficient (Wildman–Crippen LogP) is 4.70. The molecule has 0 unspecified atom stereocenters. The zero-order valence-electron chi connectivity index (χ0n) is 14.9. The van der Waals surface area contributed by atoms with Gasteiger partial charge in [0.2, 0.25) is 0 Å². The van der Waals surface area contributed by atoms with Crippen LogP contribution in [0.15, 0.2) is 45.3 Å². The summed E-state index contributed by atoms with van der Waals surface area (Å²) in [7, 11) is 0. The van der Waals surface area contributed by atoms with Crippen LogP contribution in [0.4, 0.5) is 0 Å². The van der Waals surface area contributed by atoms with E-state index in [2.05, 4.69) is 31.9 Å². The molecular formula is C20H22Br2O5. The summed E-state index contributed by atoms with van der Waals surface area (Å²) in [5.74, 6) is 1.56. The van der Waals surface area contributed by atoms with E-state index in [-0.39, 0.29) is 0 Å². The Morgan fingerprint density at radius 3 is 1.30 bits per heavy atom. The van der Waals surface area contributed by atoms with Crippen LogP contribution < -0.4 is 9.47 Å². The average molecular weight is 502 g/mol. The van der Waals surface area contributed by atoms with Crippen LogP contribution in [0.5, 0.6) is 11.5 Å². The summed E-state index contributed by atoms with van der Waals surface area (Å²) in [6.07, 6.45) is 0. The third kappa shape index (κ3) is 6.47. The molecule has 146 valence electrons. The number of hydrogen-bond acceptors (Lipinski definition) is 5. The maximum atomic E-state index is 5.98. The van der Waals surface area contributed by atoms with Crippen molar-refractivity contribution < 1.29 is 23.7 Å². The summed E-state index contributed by atoms with van der Waals surface area (Å²) in [6.45, 7) is 4.08. The van der Waals surface area contributed by atoms with Gasteiger partial charge in [-0.3, -0.25) is 0 Å². The second kappa shape index (κ2) is 11.0. The molecule has 0 fully saturated rings. The van der Waals surface area contributed by atoms with Gasteiger partial charge in [-0.25, -0.2) is 0 Å². The summed E-state index contributed by atoms with van der Waals surface area (Å²) in [5.41, 5.74) is 1.91. The third-order valence-corrected chi connectivity index (χ3v) is 4.87. The van der Waals surface area contributed by atoms with Crippen LogP contribution in [-0.4, -0.2) is 52.9 Å². The van der Waals surface area contributed by atoms with Crippen molar-refractivity contribution in [2.45, 2.75) is 0 Å². The molecule has 0 saturated heterocycles. The molecule has 5 nitrogen and oxygen atoms in total. The molecule has 0 atom stereocenters. The number of rotatable bonds is 0. The summed E-state index contributed by atoms with van der Waals surface area (Å²) >= 11 is 7.11. The highest BCUT2D eigenvalue weighted by Crippen LogP contribution is 2.39. The minimum absolute atomic E-state index is 0.460. The number of ether oxygens (including phenoxy) is 5. The van der Waals surface area contributed by atoms with Crippen molar-refractivity contribution in [1.82, 2.24) is 0 Å². The van der Waals surface area contributed by atoms with Crippen LogP contribution in [0, 0.1) is 0 Å². The van der Waals surface area contributed by atoms with E-state index in [1.54, 1.807) is 0 Å². The van der Waals surface area contributed by atoms with Crippen LogP contribution in [-0.2, 0) is 14.2 Å². The smallest absolute Gasteiger partial charge is 0.127 e. The molecule has 2 aromatic rings. The zero-order chi connectivity index (χ0) is 18.9. The van der Waals surface area contributed by atoms with Gasteiger partial charge in [-0.1, -0.05) is 31.9 Å². The van der Waals surface area contributed by atoms with Crippen LogP contribution in [0.2, 0.25) is 0 Å². The molecule has 0 aliphatic carbocycles. The molecule has 7 heteroatoms. The first-order valence-corrected chi connectivity index (χ1v) is 10.4. The summed E-state index contributed by atoms with van der Waals surface area (Å²) in [5, 5.41) is 0. The lowest BCUT2D eigenvalue weighted by atomic mass is 10.0. The third-order valence-electron chi connectivity index (χ3n) is 3.89. The molecule has 0 aromatic heterocycles.